The standard InChI is InChI=1S/C16H24OS2/c1-10-4-5-14(2)13(17)12-8-11(10)15(14,3)9-16(12)18-6-7-19-16/h10-12H,4-9H2,1-3H3/t10-,11-,12+,14-,15+/m1/s1. The fourth-order valence-electron chi connectivity index (χ4n) is 5.80. The molecule has 0 unspecified atom stereocenters. The zero-order valence-corrected chi connectivity index (χ0v) is 13.8. The van der Waals surface area contributed by atoms with E-state index in [2.05, 4.69) is 44.3 Å². The molecule has 0 aromatic carbocycles. The first kappa shape index (κ1) is 13.1. The molecule has 1 aliphatic heterocycles. The number of carbonyl (C=O) groups excluding carboxylic acids is 1. The van der Waals surface area contributed by atoms with Gasteiger partial charge in [0.05, 0.1) is 4.08 Å². The van der Waals surface area contributed by atoms with Crippen LogP contribution < -0.4 is 0 Å². The van der Waals surface area contributed by atoms with Crippen LogP contribution >= 0.6 is 23.5 Å². The van der Waals surface area contributed by atoms with E-state index in [1.165, 1.54) is 30.8 Å². The third-order valence-electron chi connectivity index (χ3n) is 7.14. The highest BCUT2D eigenvalue weighted by Gasteiger charge is 2.72. The molecule has 5 atom stereocenters. The summed E-state index contributed by atoms with van der Waals surface area (Å²) >= 11 is 4.22. The van der Waals surface area contributed by atoms with Crippen LogP contribution in [0.3, 0.4) is 0 Å². The number of hydrogen-bond acceptors (Lipinski definition) is 3. The van der Waals surface area contributed by atoms with E-state index in [1.54, 1.807) is 0 Å². The number of thioether (sulfide) groups is 2. The molecule has 0 radical (unpaired) electrons. The van der Waals surface area contributed by atoms with Crippen molar-refractivity contribution in [2.75, 3.05) is 11.5 Å². The minimum absolute atomic E-state index is 0.0119. The molecule has 4 aliphatic carbocycles. The first-order chi connectivity index (χ1) is 8.93. The van der Waals surface area contributed by atoms with Crippen LogP contribution in [-0.4, -0.2) is 21.4 Å². The molecule has 5 fully saturated rings. The van der Waals surface area contributed by atoms with Crippen molar-refractivity contribution in [2.24, 2.45) is 28.6 Å². The van der Waals surface area contributed by atoms with Gasteiger partial charge in [0, 0.05) is 22.8 Å². The van der Waals surface area contributed by atoms with Crippen LogP contribution in [0.1, 0.15) is 46.5 Å². The summed E-state index contributed by atoms with van der Waals surface area (Å²) in [4.78, 5) is 13.2. The summed E-state index contributed by atoms with van der Waals surface area (Å²) in [6.07, 6.45) is 4.88. The quantitative estimate of drug-likeness (QED) is 0.666. The summed E-state index contributed by atoms with van der Waals surface area (Å²) in [5, 5.41) is 0. The molecule has 1 saturated heterocycles. The zero-order valence-electron chi connectivity index (χ0n) is 12.2. The smallest absolute Gasteiger partial charge is 0.144 e. The van der Waals surface area contributed by atoms with Gasteiger partial charge in [-0.25, -0.2) is 0 Å². The third kappa shape index (κ3) is 1.35. The van der Waals surface area contributed by atoms with E-state index in [4.69, 9.17) is 0 Å². The maximum atomic E-state index is 13.2. The Bertz CT molecular complexity index is 442. The lowest BCUT2D eigenvalue weighted by Crippen LogP contribution is -2.68. The summed E-state index contributed by atoms with van der Waals surface area (Å²) in [6, 6.07) is 0. The van der Waals surface area contributed by atoms with E-state index >= 15 is 0 Å². The molecule has 5 aliphatic rings. The van der Waals surface area contributed by atoms with E-state index < -0.39 is 0 Å². The highest BCUT2D eigenvalue weighted by atomic mass is 32.2. The Morgan fingerprint density at radius 3 is 2.58 bits per heavy atom. The van der Waals surface area contributed by atoms with Gasteiger partial charge in [-0.3, -0.25) is 4.79 Å². The lowest BCUT2D eigenvalue weighted by atomic mass is 9.38. The molecule has 1 heterocycles. The van der Waals surface area contributed by atoms with Crippen molar-refractivity contribution >= 4 is 29.3 Å². The normalized spacial score (nSPS) is 54.9. The van der Waals surface area contributed by atoms with Gasteiger partial charge in [-0.2, -0.15) is 0 Å². The minimum Gasteiger partial charge on any atom is -0.299 e. The summed E-state index contributed by atoms with van der Waals surface area (Å²) < 4.78 is 0.263. The molecule has 1 spiro atoms. The maximum Gasteiger partial charge on any atom is 0.144 e. The van der Waals surface area contributed by atoms with Crippen molar-refractivity contribution in [3.8, 4) is 0 Å². The van der Waals surface area contributed by atoms with Gasteiger partial charge in [0.15, 0.2) is 0 Å². The fourth-order valence-corrected chi connectivity index (χ4v) is 9.60. The topological polar surface area (TPSA) is 17.1 Å². The minimum atomic E-state index is -0.0119. The molecule has 0 aromatic heterocycles. The molecule has 4 bridgehead atoms. The van der Waals surface area contributed by atoms with Gasteiger partial charge >= 0.3 is 0 Å². The largest absolute Gasteiger partial charge is 0.299 e. The van der Waals surface area contributed by atoms with Crippen LogP contribution in [-0.2, 0) is 4.79 Å². The lowest BCUT2D eigenvalue weighted by Gasteiger charge is -2.69. The van der Waals surface area contributed by atoms with E-state index in [0.29, 0.717) is 11.7 Å². The number of ketones is 1. The Morgan fingerprint density at radius 2 is 1.89 bits per heavy atom. The van der Waals surface area contributed by atoms with Gasteiger partial charge in [0.25, 0.3) is 0 Å². The van der Waals surface area contributed by atoms with E-state index in [1.807, 2.05) is 0 Å². The predicted octanol–water partition coefficient (Wildman–Crippen LogP) is 4.21. The van der Waals surface area contributed by atoms with Gasteiger partial charge < -0.3 is 0 Å². The van der Waals surface area contributed by atoms with Crippen molar-refractivity contribution < 1.29 is 4.79 Å². The number of hydrogen-bond donors (Lipinski definition) is 0. The second-order valence-corrected chi connectivity index (χ2v) is 10.8. The SMILES string of the molecule is C[C@@H]1CC[C@]2(C)C(=O)[C@@H]3C[C@H]1[C@]2(C)CC31SCCS1. The maximum absolute atomic E-state index is 13.2. The molecule has 5 rings (SSSR count). The summed E-state index contributed by atoms with van der Waals surface area (Å²) in [7, 11) is 0. The van der Waals surface area contributed by atoms with Crippen molar-refractivity contribution in [2.45, 2.75) is 50.5 Å². The average molecular weight is 297 g/mol. The molecule has 4 saturated carbocycles. The Kier molecular flexibility index (Phi) is 2.59. The summed E-state index contributed by atoms with van der Waals surface area (Å²) in [6.45, 7) is 7.20. The molecule has 19 heavy (non-hydrogen) atoms. The summed E-state index contributed by atoms with van der Waals surface area (Å²) in [5.41, 5.74) is 0.253. The van der Waals surface area contributed by atoms with Crippen molar-refractivity contribution in [3.05, 3.63) is 0 Å². The van der Waals surface area contributed by atoms with E-state index in [9.17, 15) is 4.79 Å². The van der Waals surface area contributed by atoms with Crippen LogP contribution in [0, 0.1) is 28.6 Å². The second-order valence-electron chi connectivity index (χ2n) is 7.71. The van der Waals surface area contributed by atoms with Crippen LogP contribution in [0.15, 0.2) is 0 Å². The van der Waals surface area contributed by atoms with Crippen LogP contribution in [0.25, 0.3) is 0 Å². The Labute approximate surface area is 125 Å². The fraction of sp³-hybridized carbons (Fsp3) is 0.938. The first-order valence-corrected chi connectivity index (χ1v) is 9.72. The van der Waals surface area contributed by atoms with Gasteiger partial charge in [0.2, 0.25) is 0 Å². The van der Waals surface area contributed by atoms with Gasteiger partial charge in [-0.1, -0.05) is 20.8 Å². The highest BCUT2D eigenvalue weighted by Crippen LogP contribution is 2.75. The van der Waals surface area contributed by atoms with E-state index in [0.717, 1.165) is 18.3 Å². The molecule has 106 valence electrons. The van der Waals surface area contributed by atoms with Crippen LogP contribution in [0.4, 0.5) is 0 Å². The zero-order chi connectivity index (χ0) is 13.5. The number of carbonyl (C=O) groups is 1. The Morgan fingerprint density at radius 1 is 1.21 bits per heavy atom. The first-order valence-electron chi connectivity index (χ1n) is 7.75. The van der Waals surface area contributed by atoms with Crippen LogP contribution in [0.2, 0.25) is 0 Å². The molecular formula is C16H24OS2. The Balaban J connectivity index is 1.84. The molecule has 0 aromatic rings. The molecule has 1 nitrogen and oxygen atoms in total. The number of rotatable bonds is 0. The van der Waals surface area contributed by atoms with Gasteiger partial charge in [0.1, 0.15) is 5.78 Å². The van der Waals surface area contributed by atoms with Crippen molar-refractivity contribution in [1.29, 1.82) is 0 Å². The second kappa shape index (κ2) is 3.76. The van der Waals surface area contributed by atoms with Gasteiger partial charge in [-0.05, 0) is 42.9 Å². The van der Waals surface area contributed by atoms with Gasteiger partial charge in [-0.15, -0.1) is 23.5 Å². The molecule has 3 heteroatoms. The average Bonchev–Trinajstić information content (AvgIpc) is 2.80. The summed E-state index contributed by atoms with van der Waals surface area (Å²) in [5.74, 6) is 5.10. The van der Waals surface area contributed by atoms with Crippen molar-refractivity contribution in [1.82, 2.24) is 0 Å². The third-order valence-corrected chi connectivity index (χ3v) is 10.8. The predicted molar refractivity (Wildman–Crippen MR) is 83.5 cm³/mol. The van der Waals surface area contributed by atoms with E-state index in [-0.39, 0.29) is 14.9 Å². The molecule has 0 N–H and O–H groups in total. The molecular weight excluding hydrogens is 272 g/mol. The highest BCUT2D eigenvalue weighted by molar-refractivity contribution is 8.21. The monoisotopic (exact) mass is 296 g/mol. The molecule has 0 amide bonds. The van der Waals surface area contributed by atoms with Crippen molar-refractivity contribution in [3.63, 3.8) is 0 Å². The number of Topliss-reactive ketones (excluding diaryl/α,β-unsaturated/α-hetero) is 1. The lowest BCUT2D eigenvalue weighted by molar-refractivity contribution is -0.182. The van der Waals surface area contributed by atoms with Crippen LogP contribution in [0.5, 0.6) is 0 Å². The Hall–Kier alpha value is 0.370.